The Balaban J connectivity index is 2.27. The second-order valence-corrected chi connectivity index (χ2v) is 6.71. The quantitative estimate of drug-likeness (QED) is 0.584. The van der Waals surface area contributed by atoms with Crippen LogP contribution in [0.2, 0.25) is 0 Å². The van der Waals surface area contributed by atoms with Gasteiger partial charge >= 0.3 is 5.97 Å². The highest BCUT2D eigenvalue weighted by molar-refractivity contribution is 9.10. The summed E-state index contributed by atoms with van der Waals surface area (Å²) in [4.78, 5) is 29.1. The third-order valence-corrected chi connectivity index (χ3v) is 4.70. The van der Waals surface area contributed by atoms with Gasteiger partial charge in [0, 0.05) is 15.4 Å². The molecule has 0 radical (unpaired) electrons. The summed E-state index contributed by atoms with van der Waals surface area (Å²) in [6.07, 6.45) is 0.403. The van der Waals surface area contributed by atoms with E-state index >= 15 is 0 Å². The number of carbonyl (C=O) groups excluding carboxylic acids is 2. The van der Waals surface area contributed by atoms with Gasteiger partial charge in [-0.2, -0.15) is 0 Å². The molecule has 0 atom stereocenters. The second-order valence-electron chi connectivity index (χ2n) is 5.79. The molecule has 1 heterocycles. The van der Waals surface area contributed by atoms with Gasteiger partial charge < -0.3 is 19.9 Å². The van der Waals surface area contributed by atoms with Gasteiger partial charge in [0.25, 0.3) is 0 Å². The summed E-state index contributed by atoms with van der Waals surface area (Å²) < 4.78 is 5.98. The lowest BCUT2D eigenvalue weighted by molar-refractivity contribution is -0.895. The van der Waals surface area contributed by atoms with Gasteiger partial charge in [-0.1, -0.05) is 15.9 Å². The van der Waals surface area contributed by atoms with E-state index in [4.69, 9.17) is 4.74 Å². The highest BCUT2D eigenvalue weighted by Gasteiger charge is 2.21. The molecule has 2 aromatic rings. The SMILES string of the molecule is CCOC(=O)c1[nH]c2ccc(Br)cc2c1NC(=O)CC[NH+](CC)CC. The van der Waals surface area contributed by atoms with Crippen LogP contribution in [0.25, 0.3) is 10.9 Å². The lowest BCUT2D eigenvalue weighted by Crippen LogP contribution is -3.11. The first-order chi connectivity index (χ1) is 12.0. The molecule has 1 amide bonds. The molecule has 0 spiro atoms. The molecule has 6 nitrogen and oxygen atoms in total. The number of ether oxygens (including phenoxy) is 1. The maximum absolute atomic E-state index is 12.4. The summed E-state index contributed by atoms with van der Waals surface area (Å²) in [6.45, 7) is 8.97. The zero-order chi connectivity index (χ0) is 18.4. The smallest absolute Gasteiger partial charge is 0.356 e. The van der Waals surface area contributed by atoms with Crippen LogP contribution in [0.1, 0.15) is 37.7 Å². The molecular formula is C18H25BrN3O3+. The molecule has 0 saturated heterocycles. The third-order valence-electron chi connectivity index (χ3n) is 4.21. The van der Waals surface area contributed by atoms with E-state index < -0.39 is 5.97 Å². The molecule has 0 saturated carbocycles. The number of amides is 1. The van der Waals surface area contributed by atoms with Crippen LogP contribution in [-0.4, -0.2) is 43.1 Å². The first-order valence-corrected chi connectivity index (χ1v) is 9.41. The van der Waals surface area contributed by atoms with Gasteiger partial charge in [-0.25, -0.2) is 4.79 Å². The number of aromatic amines is 1. The van der Waals surface area contributed by atoms with E-state index in [1.807, 2.05) is 18.2 Å². The largest absolute Gasteiger partial charge is 0.461 e. The number of rotatable bonds is 8. The Kier molecular flexibility index (Phi) is 7.01. The topological polar surface area (TPSA) is 75.6 Å². The molecule has 0 aliphatic carbocycles. The monoisotopic (exact) mass is 410 g/mol. The minimum Gasteiger partial charge on any atom is -0.461 e. The Labute approximate surface area is 156 Å². The number of carbonyl (C=O) groups is 2. The number of hydrogen-bond donors (Lipinski definition) is 3. The zero-order valence-electron chi connectivity index (χ0n) is 14.9. The highest BCUT2D eigenvalue weighted by atomic mass is 79.9. The average Bonchev–Trinajstić information content (AvgIpc) is 2.94. The Morgan fingerprint density at radius 3 is 2.60 bits per heavy atom. The zero-order valence-corrected chi connectivity index (χ0v) is 16.5. The molecule has 1 aromatic carbocycles. The van der Waals surface area contributed by atoms with E-state index in [9.17, 15) is 9.59 Å². The number of hydrogen-bond acceptors (Lipinski definition) is 3. The number of quaternary nitrogens is 1. The Morgan fingerprint density at radius 2 is 1.96 bits per heavy atom. The maximum Gasteiger partial charge on any atom is 0.356 e. The van der Waals surface area contributed by atoms with Crippen LogP contribution in [0.5, 0.6) is 0 Å². The van der Waals surface area contributed by atoms with Crippen LogP contribution in [0, 0.1) is 0 Å². The third kappa shape index (κ3) is 4.83. The number of esters is 1. The van der Waals surface area contributed by atoms with Crippen molar-refractivity contribution in [2.75, 3.05) is 31.6 Å². The van der Waals surface area contributed by atoms with Crippen molar-refractivity contribution in [2.45, 2.75) is 27.2 Å². The summed E-state index contributed by atoms with van der Waals surface area (Å²) in [5.74, 6) is -0.578. The van der Waals surface area contributed by atoms with Crippen molar-refractivity contribution >= 4 is 44.4 Å². The molecule has 136 valence electrons. The van der Waals surface area contributed by atoms with Crippen molar-refractivity contribution in [1.82, 2.24) is 4.98 Å². The van der Waals surface area contributed by atoms with Crippen LogP contribution < -0.4 is 10.2 Å². The van der Waals surface area contributed by atoms with Gasteiger partial charge in [-0.05, 0) is 39.0 Å². The fourth-order valence-corrected chi connectivity index (χ4v) is 3.11. The second kappa shape index (κ2) is 9.01. The molecule has 0 aliphatic rings. The van der Waals surface area contributed by atoms with Crippen molar-refractivity contribution in [2.24, 2.45) is 0 Å². The normalized spacial score (nSPS) is 11.1. The molecular weight excluding hydrogens is 386 g/mol. The number of anilines is 1. The van der Waals surface area contributed by atoms with Gasteiger partial charge in [0.2, 0.25) is 5.91 Å². The molecule has 2 rings (SSSR count). The molecule has 0 aliphatic heterocycles. The van der Waals surface area contributed by atoms with Crippen LogP contribution in [0.3, 0.4) is 0 Å². The first-order valence-electron chi connectivity index (χ1n) is 8.61. The Morgan fingerprint density at radius 1 is 1.24 bits per heavy atom. The van der Waals surface area contributed by atoms with Gasteiger partial charge in [-0.15, -0.1) is 0 Å². The molecule has 25 heavy (non-hydrogen) atoms. The van der Waals surface area contributed by atoms with Gasteiger partial charge in [-0.3, -0.25) is 4.79 Å². The van der Waals surface area contributed by atoms with Crippen molar-refractivity contribution in [3.63, 3.8) is 0 Å². The van der Waals surface area contributed by atoms with Gasteiger partial charge in [0.15, 0.2) is 0 Å². The standard InChI is InChI=1S/C18H24BrN3O3/c1-4-22(5-2)10-9-15(23)21-16-13-11-12(19)7-8-14(13)20-17(16)18(24)25-6-3/h7-8,11,20H,4-6,9-10H2,1-3H3,(H,21,23)/p+1. The number of aromatic nitrogens is 1. The number of fused-ring (bicyclic) bond motifs is 1. The predicted molar refractivity (Wildman–Crippen MR) is 102 cm³/mol. The van der Waals surface area contributed by atoms with Gasteiger partial charge in [0.05, 0.1) is 38.3 Å². The minimum atomic E-state index is -0.473. The van der Waals surface area contributed by atoms with Crippen LogP contribution in [0.4, 0.5) is 5.69 Å². The first kappa shape index (κ1) is 19.5. The van der Waals surface area contributed by atoms with E-state index in [1.54, 1.807) is 6.92 Å². The van der Waals surface area contributed by atoms with E-state index in [2.05, 4.69) is 40.1 Å². The molecule has 0 fully saturated rings. The Bertz CT molecular complexity index is 753. The van der Waals surface area contributed by atoms with E-state index in [-0.39, 0.29) is 18.2 Å². The summed E-state index contributed by atoms with van der Waals surface area (Å²) in [7, 11) is 0. The number of halogens is 1. The summed E-state index contributed by atoms with van der Waals surface area (Å²) >= 11 is 3.43. The highest BCUT2D eigenvalue weighted by Crippen LogP contribution is 2.31. The summed E-state index contributed by atoms with van der Waals surface area (Å²) in [5, 5.41) is 3.68. The van der Waals surface area contributed by atoms with Crippen LogP contribution in [0.15, 0.2) is 22.7 Å². The molecule has 1 aromatic heterocycles. The molecule has 7 heteroatoms. The lowest BCUT2D eigenvalue weighted by atomic mass is 10.2. The lowest BCUT2D eigenvalue weighted by Gasteiger charge is -2.15. The van der Waals surface area contributed by atoms with Gasteiger partial charge in [0.1, 0.15) is 5.69 Å². The maximum atomic E-state index is 12.4. The fraction of sp³-hybridized carbons (Fsp3) is 0.444. The summed E-state index contributed by atoms with van der Waals surface area (Å²) in [6, 6.07) is 5.61. The van der Waals surface area contributed by atoms with E-state index in [0.29, 0.717) is 12.1 Å². The molecule has 0 unspecified atom stereocenters. The molecule has 0 bridgehead atoms. The Hall–Kier alpha value is -1.86. The predicted octanol–water partition coefficient (Wildman–Crippen LogP) is 2.36. The number of benzene rings is 1. The molecule has 3 N–H and O–H groups in total. The summed E-state index contributed by atoms with van der Waals surface area (Å²) in [5.41, 5.74) is 1.53. The van der Waals surface area contributed by atoms with Crippen molar-refractivity contribution in [3.8, 4) is 0 Å². The van der Waals surface area contributed by atoms with Crippen LogP contribution in [-0.2, 0) is 9.53 Å². The number of nitrogens with one attached hydrogen (secondary N) is 3. The van der Waals surface area contributed by atoms with Crippen molar-refractivity contribution in [1.29, 1.82) is 0 Å². The minimum absolute atomic E-state index is 0.106. The van der Waals surface area contributed by atoms with E-state index in [1.165, 1.54) is 4.90 Å². The van der Waals surface area contributed by atoms with Crippen molar-refractivity contribution in [3.05, 3.63) is 28.4 Å². The average molecular weight is 411 g/mol. The number of H-pyrrole nitrogens is 1. The van der Waals surface area contributed by atoms with E-state index in [0.717, 1.165) is 35.0 Å². The van der Waals surface area contributed by atoms with Crippen molar-refractivity contribution < 1.29 is 19.2 Å². The van der Waals surface area contributed by atoms with Crippen LogP contribution >= 0.6 is 15.9 Å². The fourth-order valence-electron chi connectivity index (χ4n) is 2.75.